The second kappa shape index (κ2) is 8.99. The maximum absolute atomic E-state index is 13.1. The van der Waals surface area contributed by atoms with Crippen molar-refractivity contribution in [3.8, 4) is 5.75 Å². The van der Waals surface area contributed by atoms with Gasteiger partial charge >= 0.3 is 0 Å². The summed E-state index contributed by atoms with van der Waals surface area (Å²) < 4.78 is 13.1. The Bertz CT molecular complexity index is 1080. The van der Waals surface area contributed by atoms with Crippen molar-refractivity contribution in [1.29, 1.82) is 0 Å². The number of fused-ring (bicyclic) bond motifs is 1. The van der Waals surface area contributed by atoms with Crippen LogP contribution in [0.5, 0.6) is 5.75 Å². The number of aromatic nitrogens is 2. The minimum atomic E-state index is -0.0913. The van der Waals surface area contributed by atoms with Crippen LogP contribution in [0.4, 0.5) is 11.5 Å². The number of hydrogen-bond donors (Lipinski definition) is 0. The van der Waals surface area contributed by atoms with E-state index in [0.29, 0.717) is 42.0 Å². The van der Waals surface area contributed by atoms with E-state index in [-0.39, 0.29) is 12.6 Å². The number of methoxy groups -OCH3 is 1. The Morgan fingerprint density at radius 1 is 1.16 bits per heavy atom. The monoisotopic (exact) mass is 440 g/mol. The molecule has 0 aliphatic carbocycles. The molecule has 0 radical (unpaired) electrons. The molecular weight excluding hydrogens is 416 g/mol. The third-order valence-electron chi connectivity index (χ3n) is 5.28. The molecule has 8 heteroatoms. The summed E-state index contributed by atoms with van der Waals surface area (Å²) in [5.74, 6) is 1.96. The first-order valence-electron chi connectivity index (χ1n) is 10.1. The lowest BCUT2D eigenvalue weighted by Crippen LogP contribution is -2.43. The molecule has 0 saturated carbocycles. The summed E-state index contributed by atoms with van der Waals surface area (Å²) in [5, 5.41) is 0.529. The van der Waals surface area contributed by atoms with Gasteiger partial charge in [0.05, 0.1) is 31.1 Å². The first-order chi connectivity index (χ1) is 15.0. The van der Waals surface area contributed by atoms with Crippen molar-refractivity contribution in [2.24, 2.45) is 0 Å². The van der Waals surface area contributed by atoms with Crippen LogP contribution in [0.3, 0.4) is 0 Å². The Hall–Kier alpha value is -3.03. The molecule has 1 amide bonds. The molecule has 2 heterocycles. The highest BCUT2D eigenvalue weighted by molar-refractivity contribution is 6.33. The number of ether oxygens (including phenoxy) is 2. The van der Waals surface area contributed by atoms with Crippen LogP contribution in [0.25, 0.3) is 0 Å². The minimum absolute atomic E-state index is 0.0913. The van der Waals surface area contributed by atoms with E-state index in [9.17, 15) is 4.79 Å². The molecule has 0 spiro atoms. The summed E-state index contributed by atoms with van der Waals surface area (Å²) in [4.78, 5) is 21.5. The van der Waals surface area contributed by atoms with E-state index in [2.05, 4.69) is 0 Å². The number of aryl methyl sites for hydroxylation is 1. The van der Waals surface area contributed by atoms with Gasteiger partial charge in [0.25, 0.3) is 5.91 Å². The molecule has 31 heavy (non-hydrogen) atoms. The minimum Gasteiger partial charge on any atom is -0.497 e. The van der Waals surface area contributed by atoms with Crippen molar-refractivity contribution in [2.75, 3.05) is 25.7 Å². The number of carbonyl (C=O) groups is 1. The Balaban J connectivity index is 1.69. The van der Waals surface area contributed by atoms with Gasteiger partial charge in [0.2, 0.25) is 0 Å². The zero-order valence-electron chi connectivity index (χ0n) is 17.8. The van der Waals surface area contributed by atoms with E-state index in [1.54, 1.807) is 25.1 Å². The number of carbonyl (C=O) groups excluding carboxylic acids is 1. The van der Waals surface area contributed by atoms with Crippen molar-refractivity contribution >= 4 is 29.0 Å². The van der Waals surface area contributed by atoms with Crippen molar-refractivity contribution in [3.63, 3.8) is 0 Å². The normalized spacial score (nSPS) is 13.5. The fraction of sp³-hybridized carbons (Fsp3) is 0.304. The molecule has 3 aromatic rings. The fourth-order valence-electron chi connectivity index (χ4n) is 3.67. The summed E-state index contributed by atoms with van der Waals surface area (Å²) in [6.07, 6.45) is 0.670. The lowest BCUT2D eigenvalue weighted by Gasteiger charge is -2.34. The highest BCUT2D eigenvalue weighted by Crippen LogP contribution is 2.38. The van der Waals surface area contributed by atoms with E-state index >= 15 is 0 Å². The molecule has 7 nitrogen and oxygen atoms in total. The van der Waals surface area contributed by atoms with Crippen LogP contribution in [-0.4, -0.2) is 41.2 Å². The lowest BCUT2D eigenvalue weighted by atomic mass is 10.2. The highest BCUT2D eigenvalue weighted by atomic mass is 35.5. The molecule has 1 aromatic heterocycles. The molecule has 0 atom stereocenters. The molecular formula is C23H25ClN4O3. The van der Waals surface area contributed by atoms with E-state index in [0.717, 1.165) is 17.1 Å². The number of amides is 1. The Labute approximate surface area is 186 Å². The number of rotatable bonds is 7. The smallest absolute Gasteiger partial charge is 0.275 e. The van der Waals surface area contributed by atoms with Crippen LogP contribution in [-0.2, 0) is 24.5 Å². The zero-order chi connectivity index (χ0) is 22.0. The summed E-state index contributed by atoms with van der Waals surface area (Å²) in [5.41, 5.74) is 2.34. The fourth-order valence-corrected chi connectivity index (χ4v) is 3.94. The molecule has 0 bridgehead atoms. The number of imidazole rings is 1. The van der Waals surface area contributed by atoms with Gasteiger partial charge in [-0.3, -0.25) is 9.36 Å². The SMILES string of the molecule is CCc1nc2c(n1COCc1ccccc1)C(=O)N(C)CN2c1ccc(OC)cc1Cl. The van der Waals surface area contributed by atoms with E-state index in [4.69, 9.17) is 26.1 Å². The maximum Gasteiger partial charge on any atom is 0.275 e. The van der Waals surface area contributed by atoms with Gasteiger partial charge in [0, 0.05) is 19.5 Å². The average Bonchev–Trinajstić information content (AvgIpc) is 3.16. The number of halogens is 1. The van der Waals surface area contributed by atoms with Gasteiger partial charge in [-0.05, 0) is 17.7 Å². The number of benzene rings is 2. The van der Waals surface area contributed by atoms with Gasteiger partial charge in [-0.15, -0.1) is 0 Å². The summed E-state index contributed by atoms with van der Waals surface area (Å²) in [7, 11) is 3.37. The quantitative estimate of drug-likeness (QED) is 0.542. The molecule has 1 aliphatic rings. The summed E-state index contributed by atoms with van der Waals surface area (Å²) in [6, 6.07) is 15.4. The van der Waals surface area contributed by atoms with Gasteiger partial charge in [0.15, 0.2) is 11.5 Å². The highest BCUT2D eigenvalue weighted by Gasteiger charge is 2.35. The van der Waals surface area contributed by atoms with Crippen molar-refractivity contribution in [3.05, 3.63) is 70.6 Å². The number of anilines is 2. The second-order valence-electron chi connectivity index (χ2n) is 7.33. The van der Waals surface area contributed by atoms with Crippen molar-refractivity contribution < 1.29 is 14.3 Å². The van der Waals surface area contributed by atoms with Crippen LogP contribution in [0.1, 0.15) is 28.8 Å². The second-order valence-corrected chi connectivity index (χ2v) is 7.74. The molecule has 162 valence electrons. The molecule has 2 aromatic carbocycles. The van der Waals surface area contributed by atoms with Gasteiger partial charge in [0.1, 0.15) is 18.3 Å². The first kappa shape index (κ1) is 21.2. The predicted octanol–water partition coefficient (Wildman–Crippen LogP) is 4.46. The van der Waals surface area contributed by atoms with Crippen LogP contribution < -0.4 is 9.64 Å². The van der Waals surface area contributed by atoms with Crippen LogP contribution >= 0.6 is 11.6 Å². The zero-order valence-corrected chi connectivity index (χ0v) is 18.6. The van der Waals surface area contributed by atoms with Crippen molar-refractivity contribution in [2.45, 2.75) is 26.7 Å². The van der Waals surface area contributed by atoms with Gasteiger partial charge < -0.3 is 19.3 Å². The molecule has 4 rings (SSSR count). The average molecular weight is 441 g/mol. The largest absolute Gasteiger partial charge is 0.497 e. The van der Waals surface area contributed by atoms with Gasteiger partial charge in [-0.1, -0.05) is 48.9 Å². The van der Waals surface area contributed by atoms with Crippen LogP contribution in [0.2, 0.25) is 5.02 Å². The Kier molecular flexibility index (Phi) is 6.15. The van der Waals surface area contributed by atoms with Gasteiger partial charge in [-0.25, -0.2) is 4.98 Å². The Morgan fingerprint density at radius 3 is 2.61 bits per heavy atom. The lowest BCUT2D eigenvalue weighted by molar-refractivity contribution is 0.0555. The summed E-state index contributed by atoms with van der Waals surface area (Å²) >= 11 is 6.54. The van der Waals surface area contributed by atoms with Crippen LogP contribution in [0, 0.1) is 0 Å². The molecule has 0 saturated heterocycles. The standard InChI is InChI=1S/C23H25ClN4O3/c1-4-20-25-22-21(28(20)15-31-13-16-8-6-5-7-9-16)23(29)26(2)14-27(22)19-11-10-17(30-3)12-18(19)24/h5-12H,4,13-15H2,1-3H3. The predicted molar refractivity (Wildman–Crippen MR) is 120 cm³/mol. The molecule has 0 unspecified atom stereocenters. The topological polar surface area (TPSA) is 59.8 Å². The number of hydrogen-bond acceptors (Lipinski definition) is 5. The molecule has 1 aliphatic heterocycles. The molecule has 0 fully saturated rings. The third kappa shape index (κ3) is 4.11. The van der Waals surface area contributed by atoms with Crippen LogP contribution in [0.15, 0.2) is 48.5 Å². The summed E-state index contributed by atoms with van der Waals surface area (Å²) in [6.45, 7) is 3.06. The van der Waals surface area contributed by atoms with E-state index in [1.807, 2.05) is 58.9 Å². The number of nitrogens with zero attached hydrogens (tertiary/aromatic N) is 4. The maximum atomic E-state index is 13.1. The third-order valence-corrected chi connectivity index (χ3v) is 5.58. The van der Waals surface area contributed by atoms with E-state index in [1.165, 1.54) is 0 Å². The molecule has 0 N–H and O–H groups in total. The Morgan fingerprint density at radius 2 is 1.94 bits per heavy atom. The van der Waals surface area contributed by atoms with Gasteiger partial charge in [-0.2, -0.15) is 0 Å². The van der Waals surface area contributed by atoms with E-state index < -0.39 is 0 Å². The van der Waals surface area contributed by atoms with Crippen molar-refractivity contribution in [1.82, 2.24) is 14.5 Å². The first-order valence-corrected chi connectivity index (χ1v) is 10.5.